The molecule has 2 heterocycles. The normalized spacial score (nSPS) is 12.1. The highest BCUT2D eigenvalue weighted by atomic mass is 32.1. The first-order valence-electron chi connectivity index (χ1n) is 33.1. The van der Waals surface area contributed by atoms with Gasteiger partial charge in [-0.1, -0.05) is 216 Å². The van der Waals surface area contributed by atoms with E-state index in [-0.39, 0.29) is 28.6 Å². The molecule has 1 aromatic rings. The highest BCUT2D eigenvalue weighted by molar-refractivity contribution is 7.96. The molecule has 9 nitrogen and oxygen atoms in total. The van der Waals surface area contributed by atoms with E-state index in [2.05, 4.69) is 82.6 Å². The summed E-state index contributed by atoms with van der Waals surface area (Å²) in [5, 5.41) is -0.0162. The van der Waals surface area contributed by atoms with E-state index in [1.807, 2.05) is 45.3 Å². The molecule has 0 bridgehead atoms. The summed E-state index contributed by atoms with van der Waals surface area (Å²) < 4.78 is 16.3. The van der Waals surface area contributed by atoms with Gasteiger partial charge in [-0.2, -0.15) is 0 Å². The summed E-state index contributed by atoms with van der Waals surface area (Å²) in [6.07, 6.45) is 49.9. The van der Waals surface area contributed by atoms with Crippen molar-refractivity contribution in [3.05, 3.63) is 30.1 Å². The van der Waals surface area contributed by atoms with Gasteiger partial charge in [0.05, 0.1) is 18.6 Å². The molecule has 78 heavy (non-hydrogen) atoms. The van der Waals surface area contributed by atoms with E-state index < -0.39 is 0 Å². The average Bonchev–Trinajstić information content (AvgIpc) is 3.96. The first-order valence-corrected chi connectivity index (χ1v) is 33.5. The second-order valence-corrected chi connectivity index (χ2v) is 23.5. The predicted octanol–water partition coefficient (Wildman–Crippen LogP) is 20.5. The van der Waals surface area contributed by atoms with Gasteiger partial charge in [-0.05, 0) is 146 Å². The van der Waals surface area contributed by atoms with Gasteiger partial charge < -0.3 is 19.1 Å². The van der Waals surface area contributed by atoms with Crippen LogP contribution in [0.15, 0.2) is 24.5 Å². The number of nitrogens with zero attached hydrogens (tertiary/aromatic N) is 2. The number of pyridine rings is 1. The number of esters is 2. The number of hydrogen-bond acceptors (Lipinski definition) is 9. The molecular weight excluding hydrogens is 989 g/mol. The van der Waals surface area contributed by atoms with Crippen LogP contribution in [0.3, 0.4) is 0 Å². The van der Waals surface area contributed by atoms with Crippen LogP contribution in [0, 0.1) is 11.3 Å². The Morgan fingerprint density at radius 3 is 1.54 bits per heavy atom. The molecule has 0 unspecified atom stereocenters. The smallest absolute Gasteiger partial charge is 0.311 e. The van der Waals surface area contributed by atoms with Crippen molar-refractivity contribution in [3.63, 3.8) is 0 Å². The van der Waals surface area contributed by atoms with Gasteiger partial charge in [-0.15, -0.1) is 12.6 Å². The zero-order chi connectivity index (χ0) is 58.6. The molecule has 0 saturated carbocycles. The van der Waals surface area contributed by atoms with Crippen molar-refractivity contribution >= 4 is 36.2 Å². The lowest BCUT2D eigenvalue weighted by molar-refractivity contribution is -0.154. The number of hydrogen-bond donors (Lipinski definition) is 1. The van der Waals surface area contributed by atoms with Crippen molar-refractivity contribution in [1.82, 2.24) is 9.88 Å². The van der Waals surface area contributed by atoms with Crippen LogP contribution in [0.2, 0.25) is 0 Å². The number of ether oxygens (including phenoxy) is 3. The Bertz CT molecular complexity index is 1380. The molecule has 1 saturated heterocycles. The van der Waals surface area contributed by atoms with Crippen LogP contribution < -0.4 is 0 Å². The zero-order valence-electron chi connectivity index (χ0n) is 53.4. The third-order valence-corrected chi connectivity index (χ3v) is 15.0. The highest BCUT2D eigenvalue weighted by Crippen LogP contribution is 2.27. The Hall–Kier alpha value is -2.46. The van der Waals surface area contributed by atoms with Crippen molar-refractivity contribution in [2.24, 2.45) is 11.3 Å². The molecular formula is C68H130N2O7S. The van der Waals surface area contributed by atoms with Gasteiger partial charge in [0, 0.05) is 25.2 Å². The largest absolute Gasteiger partial charge is 0.468 e. The molecule has 1 aromatic heterocycles. The molecule has 0 N–H and O–H groups in total. The molecule has 0 aromatic carbocycles. The molecule has 2 rings (SSSR count). The van der Waals surface area contributed by atoms with Gasteiger partial charge in [-0.3, -0.25) is 24.2 Å². The first kappa shape index (κ1) is 79.8. The summed E-state index contributed by atoms with van der Waals surface area (Å²) in [5.41, 5.74) is 1.02. The summed E-state index contributed by atoms with van der Waals surface area (Å²) >= 11 is 3.54. The molecule has 10 heteroatoms. The molecule has 1 aliphatic heterocycles. The van der Waals surface area contributed by atoms with E-state index in [4.69, 9.17) is 9.47 Å². The highest BCUT2D eigenvalue weighted by Gasteiger charge is 2.28. The summed E-state index contributed by atoms with van der Waals surface area (Å²) in [4.78, 5) is 51.4. The maximum atomic E-state index is 12.6. The fraction of sp³-hybridized carbons (Fsp3) is 0.868. The van der Waals surface area contributed by atoms with Crippen LogP contribution in [-0.4, -0.2) is 72.4 Å². The molecule has 0 spiro atoms. The minimum atomic E-state index is -0.337. The number of carbonyl (C=O) groups is 4. The fourth-order valence-electron chi connectivity index (χ4n) is 9.70. The Kier molecular flexibility index (Phi) is 63.6. The lowest BCUT2D eigenvalue weighted by Crippen LogP contribution is -2.27. The summed E-state index contributed by atoms with van der Waals surface area (Å²) in [7, 11) is 0. The van der Waals surface area contributed by atoms with Gasteiger partial charge in [0.25, 0.3) is 6.47 Å². The second kappa shape index (κ2) is 62.1. The van der Waals surface area contributed by atoms with Crippen LogP contribution >= 0.6 is 12.6 Å². The summed E-state index contributed by atoms with van der Waals surface area (Å²) in [5.74, 6) is 1.44. The quantitative estimate of drug-likeness (QED) is 0.0224. The molecule has 0 aliphatic carbocycles. The standard InChI is InChI=1S/C28H55NO2.C26H50O4.C8H11N.C4H8OS.C2H6/c1-5-7-11-18-26(19-12-8-6-2)20-17-25-31-27(30)28(3,4)21-13-9-10-14-22-29-23-15-16-24-29;1-3-5-7-9-12-16-20-25(21-17-13-10-8-6-4-2)30-26(28)22-18-14-11-15-19-23-29-24-27;1-7(2)8-3-5-9-6-4-8;1-2-3-4(5)6;1-2/h26H,5-25H2,1-4H3;24-25H,3-23H2,1-2H3;3-7H,1-2H3;2-3H2,1H3,(H,5,6);1-2H3. The topological polar surface area (TPSA) is 112 Å². The lowest BCUT2D eigenvalue weighted by atomic mass is 9.87. The zero-order valence-corrected chi connectivity index (χ0v) is 54.3. The van der Waals surface area contributed by atoms with Crippen LogP contribution in [0.1, 0.15) is 338 Å². The van der Waals surface area contributed by atoms with E-state index >= 15 is 0 Å². The number of unbranched alkanes of at least 4 members (excludes halogenated alkanes) is 21. The second-order valence-electron chi connectivity index (χ2n) is 23.0. The third-order valence-electron chi connectivity index (χ3n) is 14.8. The van der Waals surface area contributed by atoms with Crippen molar-refractivity contribution in [2.75, 3.05) is 32.8 Å². The molecule has 0 amide bonds. The third kappa shape index (κ3) is 56.8. The summed E-state index contributed by atoms with van der Waals surface area (Å²) in [6.45, 7) is 29.0. The van der Waals surface area contributed by atoms with Gasteiger partial charge in [-0.25, -0.2) is 0 Å². The number of likely N-dealkylation sites (tertiary alicyclic amines) is 1. The Morgan fingerprint density at radius 1 is 0.590 bits per heavy atom. The van der Waals surface area contributed by atoms with E-state index in [0.29, 0.717) is 38.4 Å². The maximum Gasteiger partial charge on any atom is 0.311 e. The van der Waals surface area contributed by atoms with Gasteiger partial charge in [0.15, 0.2) is 5.12 Å². The van der Waals surface area contributed by atoms with E-state index in [0.717, 1.165) is 76.5 Å². The van der Waals surface area contributed by atoms with Gasteiger partial charge in [0.1, 0.15) is 6.10 Å². The first-order chi connectivity index (χ1) is 37.8. The number of aromatic nitrogens is 1. The minimum absolute atomic E-state index is 0.0121. The molecule has 0 radical (unpaired) electrons. The SMILES string of the molecule is CC.CC(C)c1ccncc1.CCCC(=O)S.CCCCCC(CCCCC)CCCOC(=O)C(C)(C)CCCCCCN1CCCC1.CCCCCCCCC(CCCCCCCC)OC(=O)CCCCCCCOC=O. The Balaban J connectivity index is -0.00000111. The molecule has 1 aliphatic rings. The van der Waals surface area contributed by atoms with Crippen LogP contribution in [0.4, 0.5) is 0 Å². The van der Waals surface area contributed by atoms with Crippen LogP contribution in [-0.2, 0) is 33.4 Å². The van der Waals surface area contributed by atoms with Crippen LogP contribution in [0.5, 0.6) is 0 Å². The average molecular weight is 1120 g/mol. The van der Waals surface area contributed by atoms with E-state index in [9.17, 15) is 19.2 Å². The summed E-state index contributed by atoms with van der Waals surface area (Å²) in [6, 6.07) is 4.09. The minimum Gasteiger partial charge on any atom is -0.468 e. The monoisotopic (exact) mass is 1120 g/mol. The maximum absolute atomic E-state index is 12.6. The van der Waals surface area contributed by atoms with E-state index in [1.165, 1.54) is 192 Å². The van der Waals surface area contributed by atoms with Crippen molar-refractivity contribution < 1.29 is 33.4 Å². The molecule has 1 fully saturated rings. The lowest BCUT2D eigenvalue weighted by Gasteiger charge is -2.23. The van der Waals surface area contributed by atoms with Crippen LogP contribution in [0.25, 0.3) is 0 Å². The van der Waals surface area contributed by atoms with Crippen molar-refractivity contribution in [1.29, 1.82) is 0 Å². The fourth-order valence-corrected chi connectivity index (χ4v) is 9.93. The predicted molar refractivity (Wildman–Crippen MR) is 339 cm³/mol. The molecule has 460 valence electrons. The number of thiol groups is 1. The Labute approximate surface area is 490 Å². The number of carbonyl (C=O) groups excluding carboxylic acids is 4. The van der Waals surface area contributed by atoms with Crippen molar-refractivity contribution in [3.8, 4) is 0 Å². The van der Waals surface area contributed by atoms with Gasteiger partial charge in [0.2, 0.25) is 0 Å². The van der Waals surface area contributed by atoms with Crippen molar-refractivity contribution in [2.45, 2.75) is 339 Å². The van der Waals surface area contributed by atoms with E-state index in [1.54, 1.807) is 0 Å². The van der Waals surface area contributed by atoms with Gasteiger partial charge >= 0.3 is 11.9 Å². The number of rotatable bonds is 47. The molecule has 0 atom stereocenters. The Morgan fingerprint density at radius 2 is 1.05 bits per heavy atom.